The number of H-pyrrole nitrogens is 1. The second-order valence-corrected chi connectivity index (χ2v) is 2.55. The normalized spacial score (nSPS) is 10.3. The highest BCUT2D eigenvalue weighted by Crippen LogP contribution is 2.24. The first-order valence-corrected chi connectivity index (χ1v) is 3.58. The lowest BCUT2D eigenvalue weighted by molar-refractivity contribution is 0.0698. The average molecular weight is 161 g/mol. The molecule has 0 radical (unpaired) electrons. The van der Waals surface area contributed by atoms with Crippen LogP contribution in [0.3, 0.4) is 0 Å². The van der Waals surface area contributed by atoms with Gasteiger partial charge in [-0.05, 0) is 17.7 Å². The number of nitrogens with one attached hydrogen (secondary N) is 1. The van der Waals surface area contributed by atoms with Gasteiger partial charge in [0.1, 0.15) is 0 Å². The van der Waals surface area contributed by atoms with Crippen LogP contribution in [0.15, 0.2) is 30.5 Å². The molecule has 2 N–H and O–H groups in total. The zero-order valence-corrected chi connectivity index (χ0v) is 6.24. The highest BCUT2D eigenvalue weighted by molar-refractivity contribution is 5.96. The molecule has 3 nitrogen and oxygen atoms in total. The zero-order chi connectivity index (χ0) is 8.55. The molecule has 12 heavy (non-hydrogen) atoms. The van der Waals surface area contributed by atoms with Gasteiger partial charge in [-0.25, -0.2) is 4.79 Å². The van der Waals surface area contributed by atoms with E-state index < -0.39 is 5.97 Å². The highest BCUT2D eigenvalue weighted by atomic mass is 16.4. The molecule has 0 aromatic carbocycles. The van der Waals surface area contributed by atoms with Crippen LogP contribution in [0.2, 0.25) is 0 Å². The van der Waals surface area contributed by atoms with Crippen molar-refractivity contribution in [3.05, 3.63) is 36.0 Å². The van der Waals surface area contributed by atoms with Crippen molar-refractivity contribution < 1.29 is 9.90 Å². The van der Waals surface area contributed by atoms with Gasteiger partial charge in [-0.15, -0.1) is 0 Å². The molecule has 0 saturated heterocycles. The Kier molecular flexibility index (Phi) is 1.37. The number of hydrogen-bond donors (Lipinski definition) is 2. The van der Waals surface area contributed by atoms with Crippen LogP contribution in [0, 0.1) is 0 Å². The molecule has 1 heterocycles. The molecule has 2 aliphatic rings. The number of aromatic carboxylic acids is 1. The molecule has 0 unspecified atom stereocenters. The molecule has 0 aromatic heterocycles. The summed E-state index contributed by atoms with van der Waals surface area (Å²) in [5, 5.41) is 8.75. The predicted molar refractivity (Wildman–Crippen MR) is 44.4 cm³/mol. The number of hydrogen-bond acceptors (Lipinski definition) is 1. The maximum atomic E-state index is 10.7. The molecule has 1 aliphatic carbocycles. The van der Waals surface area contributed by atoms with Gasteiger partial charge in [-0.1, -0.05) is 12.1 Å². The lowest BCUT2D eigenvalue weighted by atomic mass is 10.2. The first kappa shape index (κ1) is 6.91. The van der Waals surface area contributed by atoms with Crippen LogP contribution < -0.4 is 0 Å². The smallest absolute Gasteiger partial charge is 0.337 e. The summed E-state index contributed by atoms with van der Waals surface area (Å²) in [4.78, 5) is 13.6. The monoisotopic (exact) mass is 161 g/mol. The molecule has 2 rings (SSSR count). The van der Waals surface area contributed by atoms with Gasteiger partial charge in [0.05, 0.1) is 11.3 Å². The summed E-state index contributed by atoms with van der Waals surface area (Å²) < 4.78 is 0. The van der Waals surface area contributed by atoms with E-state index in [1.54, 1.807) is 18.3 Å². The van der Waals surface area contributed by atoms with Crippen LogP contribution in [-0.2, 0) is 0 Å². The molecular formula is C9H7NO2. The fourth-order valence-corrected chi connectivity index (χ4v) is 1.26. The van der Waals surface area contributed by atoms with Crippen molar-refractivity contribution in [2.24, 2.45) is 0 Å². The van der Waals surface area contributed by atoms with Crippen LogP contribution >= 0.6 is 0 Å². The second-order valence-electron chi connectivity index (χ2n) is 2.55. The Bertz CT molecular complexity index is 392. The lowest BCUT2D eigenvalue weighted by Crippen LogP contribution is -1.96. The van der Waals surface area contributed by atoms with Crippen molar-refractivity contribution >= 4 is 5.97 Å². The van der Waals surface area contributed by atoms with Crippen molar-refractivity contribution in [2.45, 2.75) is 0 Å². The van der Waals surface area contributed by atoms with Gasteiger partial charge in [0.2, 0.25) is 0 Å². The predicted octanol–water partition coefficient (Wildman–Crippen LogP) is 1.82. The number of pyridine rings is 1. The Morgan fingerprint density at radius 2 is 2.17 bits per heavy atom. The minimum absolute atomic E-state index is 0.325. The van der Waals surface area contributed by atoms with Crippen LogP contribution in [0.4, 0.5) is 0 Å². The minimum Gasteiger partial charge on any atom is -0.478 e. The molecule has 60 valence electrons. The molecule has 0 aromatic rings. The summed E-state index contributed by atoms with van der Waals surface area (Å²) in [7, 11) is 0. The Morgan fingerprint density at radius 3 is 2.92 bits per heavy atom. The van der Waals surface area contributed by atoms with Crippen molar-refractivity contribution in [1.82, 2.24) is 4.98 Å². The van der Waals surface area contributed by atoms with Gasteiger partial charge in [0.25, 0.3) is 0 Å². The minimum atomic E-state index is -0.896. The Labute approximate surface area is 69.0 Å². The van der Waals surface area contributed by atoms with Crippen molar-refractivity contribution in [2.75, 3.05) is 0 Å². The standard InChI is InChI=1S/C9H7NO2/c11-9(12)7-4-3-6-2-1-5-10-8(6)7/h1-5,10H,(H,11,12). The number of carboxylic acids is 1. The van der Waals surface area contributed by atoms with E-state index >= 15 is 0 Å². The average Bonchev–Trinajstić information content (AvgIpc) is 2.47. The first-order chi connectivity index (χ1) is 5.79. The van der Waals surface area contributed by atoms with E-state index in [1.807, 2.05) is 12.1 Å². The van der Waals surface area contributed by atoms with Gasteiger partial charge in [0.15, 0.2) is 0 Å². The van der Waals surface area contributed by atoms with E-state index in [4.69, 9.17) is 5.11 Å². The molecule has 0 atom stereocenters. The Hall–Kier alpha value is -1.77. The number of aromatic nitrogens is 1. The third-order valence-electron chi connectivity index (χ3n) is 1.82. The zero-order valence-electron chi connectivity index (χ0n) is 6.24. The second kappa shape index (κ2) is 2.37. The molecule has 0 saturated carbocycles. The van der Waals surface area contributed by atoms with Gasteiger partial charge >= 0.3 is 5.97 Å². The van der Waals surface area contributed by atoms with E-state index in [9.17, 15) is 4.79 Å². The molecule has 0 amide bonds. The summed E-state index contributed by atoms with van der Waals surface area (Å²) in [6, 6.07) is 7.10. The quantitative estimate of drug-likeness (QED) is 0.670. The summed E-state index contributed by atoms with van der Waals surface area (Å²) in [5.41, 5.74) is 1.94. The maximum Gasteiger partial charge on any atom is 0.337 e. The van der Waals surface area contributed by atoms with E-state index in [2.05, 4.69) is 4.98 Å². The molecule has 0 spiro atoms. The summed E-state index contributed by atoms with van der Waals surface area (Å²) in [6.45, 7) is 0. The van der Waals surface area contributed by atoms with Crippen molar-refractivity contribution in [3.63, 3.8) is 0 Å². The van der Waals surface area contributed by atoms with Crippen molar-refractivity contribution in [3.8, 4) is 11.3 Å². The number of carboxylic acid groups (broad SMARTS) is 1. The number of carbonyl (C=O) groups is 1. The Morgan fingerprint density at radius 1 is 1.33 bits per heavy atom. The number of aromatic amines is 1. The van der Waals surface area contributed by atoms with E-state index in [1.165, 1.54) is 0 Å². The van der Waals surface area contributed by atoms with E-state index in [-0.39, 0.29) is 0 Å². The molecule has 3 heteroatoms. The highest BCUT2D eigenvalue weighted by Gasteiger charge is 2.13. The maximum absolute atomic E-state index is 10.7. The van der Waals surface area contributed by atoms with Crippen LogP contribution in [-0.4, -0.2) is 16.1 Å². The number of fused-ring (bicyclic) bond motifs is 1. The van der Waals surface area contributed by atoms with Crippen LogP contribution in [0.25, 0.3) is 11.3 Å². The van der Waals surface area contributed by atoms with Gasteiger partial charge in [0, 0.05) is 6.20 Å². The SMILES string of the molecule is O=C(O)c1ccc2ccc[nH]c1-2. The molecular weight excluding hydrogens is 154 g/mol. The van der Waals surface area contributed by atoms with E-state index in [0.29, 0.717) is 11.3 Å². The fourth-order valence-electron chi connectivity index (χ4n) is 1.26. The third kappa shape index (κ3) is 0.871. The van der Waals surface area contributed by atoms with Gasteiger partial charge in [-0.2, -0.15) is 0 Å². The fraction of sp³-hybridized carbons (Fsp3) is 0. The first-order valence-electron chi connectivity index (χ1n) is 3.58. The number of rotatable bonds is 1. The van der Waals surface area contributed by atoms with Crippen LogP contribution in [0.5, 0.6) is 0 Å². The largest absolute Gasteiger partial charge is 0.478 e. The molecule has 1 aliphatic heterocycles. The summed E-state index contributed by atoms with van der Waals surface area (Å²) in [5.74, 6) is -0.896. The topological polar surface area (TPSA) is 53.1 Å². The van der Waals surface area contributed by atoms with Crippen molar-refractivity contribution in [1.29, 1.82) is 0 Å². The molecule has 0 bridgehead atoms. The lowest BCUT2D eigenvalue weighted by Gasteiger charge is -1.98. The van der Waals surface area contributed by atoms with Gasteiger partial charge in [-0.3, -0.25) is 0 Å². The third-order valence-corrected chi connectivity index (χ3v) is 1.82. The summed E-state index contributed by atoms with van der Waals surface area (Å²) in [6.07, 6.45) is 1.72. The van der Waals surface area contributed by atoms with Gasteiger partial charge < -0.3 is 10.1 Å². The van der Waals surface area contributed by atoms with E-state index in [0.717, 1.165) is 5.56 Å². The summed E-state index contributed by atoms with van der Waals surface area (Å²) >= 11 is 0. The molecule has 0 fully saturated rings. The van der Waals surface area contributed by atoms with Crippen LogP contribution in [0.1, 0.15) is 10.4 Å². The Balaban J connectivity index is 2.67.